The van der Waals surface area contributed by atoms with Gasteiger partial charge in [0, 0.05) is 29.3 Å². The average Bonchev–Trinajstić information content (AvgIpc) is 2.76. The van der Waals surface area contributed by atoms with E-state index in [4.69, 9.17) is 9.47 Å². The third-order valence-corrected chi connectivity index (χ3v) is 5.97. The molecule has 0 aromatic heterocycles. The van der Waals surface area contributed by atoms with Crippen LogP contribution in [0.25, 0.3) is 0 Å². The second-order valence-corrected chi connectivity index (χ2v) is 8.24. The van der Waals surface area contributed by atoms with Gasteiger partial charge in [0.25, 0.3) is 5.91 Å². The van der Waals surface area contributed by atoms with Gasteiger partial charge in [0.2, 0.25) is 0 Å². The van der Waals surface area contributed by atoms with E-state index in [1.165, 1.54) is 5.56 Å². The Bertz CT molecular complexity index is 835. The van der Waals surface area contributed by atoms with Gasteiger partial charge in [-0.2, -0.15) is 0 Å². The number of nitrogens with zero attached hydrogens (tertiary/aromatic N) is 2. The van der Waals surface area contributed by atoms with E-state index in [0.29, 0.717) is 24.9 Å². The van der Waals surface area contributed by atoms with Gasteiger partial charge in [-0.25, -0.2) is 0 Å². The fraction of sp³-hybridized carbons (Fsp3) is 0.480. The average molecular weight is 411 g/mol. The molecule has 5 nitrogen and oxygen atoms in total. The summed E-state index contributed by atoms with van der Waals surface area (Å²) >= 11 is 0. The molecule has 2 unspecified atom stereocenters. The van der Waals surface area contributed by atoms with Crippen molar-refractivity contribution >= 4 is 11.6 Å². The van der Waals surface area contributed by atoms with Gasteiger partial charge in [-0.15, -0.1) is 0 Å². The van der Waals surface area contributed by atoms with Crippen LogP contribution < -0.4 is 9.64 Å². The summed E-state index contributed by atoms with van der Waals surface area (Å²) in [4.78, 5) is 17.6. The first-order valence-electron chi connectivity index (χ1n) is 10.8. The Kier molecular flexibility index (Phi) is 7.51. The Morgan fingerprint density at radius 2 is 1.87 bits per heavy atom. The third kappa shape index (κ3) is 4.85. The molecule has 0 fully saturated rings. The third-order valence-electron chi connectivity index (χ3n) is 5.97. The molecule has 1 heterocycles. The maximum absolute atomic E-state index is 13.3. The molecular weight excluding hydrogens is 376 g/mol. The highest BCUT2D eigenvalue weighted by Crippen LogP contribution is 2.39. The van der Waals surface area contributed by atoms with Crippen LogP contribution in [0.1, 0.15) is 56.0 Å². The van der Waals surface area contributed by atoms with Crippen LogP contribution in [0, 0.1) is 0 Å². The lowest BCUT2D eigenvalue weighted by molar-refractivity contribution is 0.00697. The highest BCUT2D eigenvalue weighted by atomic mass is 16.5. The summed E-state index contributed by atoms with van der Waals surface area (Å²) in [5.74, 6) is 1.05. The van der Waals surface area contributed by atoms with Crippen molar-refractivity contribution < 1.29 is 14.3 Å². The lowest BCUT2D eigenvalue weighted by Gasteiger charge is -2.39. The first-order chi connectivity index (χ1) is 14.5. The zero-order valence-corrected chi connectivity index (χ0v) is 18.8. The first-order valence-corrected chi connectivity index (χ1v) is 10.8. The molecule has 0 N–H and O–H groups in total. The molecule has 3 rings (SSSR count). The minimum Gasteiger partial charge on any atom is -0.497 e. The van der Waals surface area contributed by atoms with Crippen molar-refractivity contribution in [2.75, 3.05) is 31.9 Å². The fourth-order valence-corrected chi connectivity index (χ4v) is 4.19. The van der Waals surface area contributed by atoms with E-state index in [-0.39, 0.29) is 17.9 Å². The molecule has 1 aliphatic heterocycles. The molecule has 1 amide bonds. The van der Waals surface area contributed by atoms with Crippen LogP contribution in [-0.2, 0) is 4.74 Å². The molecule has 0 saturated carbocycles. The van der Waals surface area contributed by atoms with Gasteiger partial charge in [-0.3, -0.25) is 9.69 Å². The maximum atomic E-state index is 13.3. The number of anilines is 1. The van der Waals surface area contributed by atoms with E-state index in [0.717, 1.165) is 24.4 Å². The standard InChI is InChI=1S/C25H34N2O3/c1-6-26(18(2)3)17-30-16-21-15-19(4)27(24-10-8-7-9-23(21)24)25(28)20-11-13-22(29-5)14-12-20/h7-14,18-19,21H,6,15-17H2,1-5H3. The predicted molar refractivity (Wildman–Crippen MR) is 121 cm³/mol. The van der Waals surface area contributed by atoms with Crippen molar-refractivity contribution in [3.8, 4) is 5.75 Å². The minimum absolute atomic E-state index is 0.0222. The number of rotatable bonds is 8. The Balaban J connectivity index is 1.78. The lowest BCUT2D eigenvalue weighted by Crippen LogP contribution is -2.44. The topological polar surface area (TPSA) is 42.0 Å². The molecule has 5 heteroatoms. The molecule has 0 saturated heterocycles. The lowest BCUT2D eigenvalue weighted by atomic mass is 9.86. The second kappa shape index (κ2) is 10.1. The summed E-state index contributed by atoms with van der Waals surface area (Å²) < 4.78 is 11.3. The van der Waals surface area contributed by atoms with E-state index < -0.39 is 0 Å². The van der Waals surface area contributed by atoms with E-state index in [9.17, 15) is 4.79 Å². The molecule has 0 aliphatic carbocycles. The molecule has 2 aromatic carbocycles. The van der Waals surface area contributed by atoms with E-state index in [2.05, 4.69) is 38.7 Å². The van der Waals surface area contributed by atoms with Crippen molar-refractivity contribution in [1.29, 1.82) is 0 Å². The zero-order valence-electron chi connectivity index (χ0n) is 18.8. The highest BCUT2D eigenvalue weighted by molar-refractivity contribution is 6.07. The van der Waals surface area contributed by atoms with Crippen LogP contribution >= 0.6 is 0 Å². The quantitative estimate of drug-likeness (QED) is 0.579. The van der Waals surface area contributed by atoms with Gasteiger partial charge in [0.15, 0.2) is 0 Å². The molecule has 0 spiro atoms. The summed E-state index contributed by atoms with van der Waals surface area (Å²) in [6.45, 7) is 10.9. The molecule has 162 valence electrons. The smallest absolute Gasteiger partial charge is 0.258 e. The summed E-state index contributed by atoms with van der Waals surface area (Å²) in [6.07, 6.45) is 0.882. The normalized spacial score (nSPS) is 18.6. The summed E-state index contributed by atoms with van der Waals surface area (Å²) in [6, 6.07) is 16.1. The zero-order chi connectivity index (χ0) is 21.7. The Labute approximate surface area is 180 Å². The Hall–Kier alpha value is -2.37. The number of fused-ring (bicyclic) bond motifs is 1. The number of benzene rings is 2. The van der Waals surface area contributed by atoms with Gasteiger partial charge in [-0.1, -0.05) is 25.1 Å². The van der Waals surface area contributed by atoms with Gasteiger partial charge in [-0.05, 0) is 69.6 Å². The number of methoxy groups -OCH3 is 1. The summed E-state index contributed by atoms with van der Waals surface area (Å²) in [5, 5.41) is 0. The number of amides is 1. The predicted octanol–water partition coefficient (Wildman–Crippen LogP) is 4.92. The number of carbonyl (C=O) groups is 1. The summed E-state index contributed by atoms with van der Waals surface area (Å²) in [7, 11) is 1.63. The van der Waals surface area contributed by atoms with Crippen LogP contribution in [0.15, 0.2) is 48.5 Å². The molecular formula is C25H34N2O3. The molecule has 1 aliphatic rings. The van der Waals surface area contributed by atoms with Gasteiger partial charge >= 0.3 is 0 Å². The van der Waals surface area contributed by atoms with Crippen LogP contribution in [0.2, 0.25) is 0 Å². The molecule has 0 bridgehead atoms. The monoisotopic (exact) mass is 410 g/mol. The number of para-hydroxylation sites is 1. The first kappa shape index (κ1) is 22.3. The number of hydrogen-bond donors (Lipinski definition) is 0. The number of ether oxygens (including phenoxy) is 2. The largest absolute Gasteiger partial charge is 0.497 e. The number of hydrogen-bond acceptors (Lipinski definition) is 4. The Morgan fingerprint density at radius 3 is 2.50 bits per heavy atom. The van der Waals surface area contributed by atoms with E-state index >= 15 is 0 Å². The fourth-order valence-electron chi connectivity index (χ4n) is 4.19. The van der Waals surface area contributed by atoms with E-state index in [1.54, 1.807) is 7.11 Å². The molecule has 2 atom stereocenters. The second-order valence-electron chi connectivity index (χ2n) is 8.24. The van der Waals surface area contributed by atoms with Crippen molar-refractivity contribution in [1.82, 2.24) is 4.90 Å². The maximum Gasteiger partial charge on any atom is 0.258 e. The van der Waals surface area contributed by atoms with Gasteiger partial charge in [0.1, 0.15) is 5.75 Å². The van der Waals surface area contributed by atoms with Crippen LogP contribution in [0.5, 0.6) is 5.75 Å². The number of carbonyl (C=O) groups excluding carboxylic acids is 1. The SMILES string of the molecule is CCN(COCC1CC(C)N(C(=O)c2ccc(OC)cc2)c2ccccc21)C(C)C. The summed E-state index contributed by atoms with van der Waals surface area (Å²) in [5.41, 5.74) is 2.84. The van der Waals surface area contributed by atoms with Crippen molar-refractivity contribution in [3.63, 3.8) is 0 Å². The van der Waals surface area contributed by atoms with Gasteiger partial charge in [0.05, 0.1) is 20.4 Å². The minimum atomic E-state index is 0.0222. The molecule has 30 heavy (non-hydrogen) atoms. The molecule has 0 radical (unpaired) electrons. The Morgan fingerprint density at radius 1 is 1.17 bits per heavy atom. The van der Waals surface area contributed by atoms with Crippen LogP contribution in [-0.4, -0.2) is 49.9 Å². The van der Waals surface area contributed by atoms with Crippen molar-refractivity contribution in [2.45, 2.75) is 52.1 Å². The van der Waals surface area contributed by atoms with Crippen molar-refractivity contribution in [2.24, 2.45) is 0 Å². The van der Waals surface area contributed by atoms with Crippen molar-refractivity contribution in [3.05, 3.63) is 59.7 Å². The van der Waals surface area contributed by atoms with Crippen LogP contribution in [0.3, 0.4) is 0 Å². The van der Waals surface area contributed by atoms with Gasteiger partial charge < -0.3 is 14.4 Å². The molecule has 2 aromatic rings. The highest BCUT2D eigenvalue weighted by Gasteiger charge is 2.34. The van der Waals surface area contributed by atoms with Crippen LogP contribution in [0.4, 0.5) is 5.69 Å². The van der Waals surface area contributed by atoms with E-state index in [1.807, 2.05) is 47.4 Å².